The van der Waals surface area contributed by atoms with Crippen molar-refractivity contribution in [2.75, 3.05) is 0 Å². The highest BCUT2D eigenvalue weighted by Gasteiger charge is 2.51. The molecule has 0 aromatic carbocycles. The number of fused-ring (bicyclic) bond motifs is 2. The van der Waals surface area contributed by atoms with E-state index in [1.54, 1.807) is 0 Å². The van der Waals surface area contributed by atoms with Crippen molar-refractivity contribution in [3.05, 3.63) is 0 Å². The predicted octanol–water partition coefficient (Wildman–Crippen LogP) is 2.17. The van der Waals surface area contributed by atoms with Crippen molar-refractivity contribution < 1.29 is 23.7 Å². The fraction of sp³-hybridized carbons (Fsp3) is 0.929. The lowest BCUT2D eigenvalue weighted by Gasteiger charge is -2.31. The van der Waals surface area contributed by atoms with E-state index in [2.05, 4.69) is 0 Å². The van der Waals surface area contributed by atoms with Crippen LogP contribution in [0.2, 0.25) is 0 Å². The van der Waals surface area contributed by atoms with E-state index >= 15 is 0 Å². The highest BCUT2D eigenvalue weighted by molar-refractivity contribution is 5.61. The van der Waals surface area contributed by atoms with Crippen molar-refractivity contribution in [1.82, 2.24) is 0 Å². The van der Waals surface area contributed by atoms with Crippen LogP contribution in [0.5, 0.6) is 0 Å². The Morgan fingerprint density at radius 1 is 1.11 bits per heavy atom. The van der Waals surface area contributed by atoms with Gasteiger partial charge in [0.05, 0.1) is 24.4 Å². The molecule has 2 saturated carbocycles. The number of carbonyl (C=O) groups is 1. The van der Waals surface area contributed by atoms with Crippen molar-refractivity contribution in [3.63, 3.8) is 0 Å². The normalized spacial score (nSPS) is 50.7. The first-order valence-corrected chi connectivity index (χ1v) is 7.32. The van der Waals surface area contributed by atoms with Crippen molar-refractivity contribution in [2.24, 2.45) is 0 Å². The third-order valence-electron chi connectivity index (χ3n) is 4.83. The van der Waals surface area contributed by atoms with Crippen molar-refractivity contribution >= 4 is 6.16 Å². The lowest BCUT2D eigenvalue weighted by molar-refractivity contribution is -0.0582. The summed E-state index contributed by atoms with van der Waals surface area (Å²) in [6.45, 7) is 1.98. The summed E-state index contributed by atoms with van der Waals surface area (Å²) in [5, 5.41) is 0. The minimum absolute atomic E-state index is 0.0339. The Morgan fingerprint density at radius 2 is 1.89 bits per heavy atom. The standard InChI is InChI=1S/C14H20O5/c1-14(5-4-10-12(7-14)18-10)19-13(15)16-8-2-3-9-11(6-8)17-9/h8-12H,2-7H2,1H3. The molecule has 0 aromatic rings. The molecule has 0 N–H and O–H groups in total. The summed E-state index contributed by atoms with van der Waals surface area (Å²) in [6, 6.07) is 0. The molecule has 4 aliphatic rings. The second-order valence-corrected chi connectivity index (χ2v) is 6.52. The number of rotatable bonds is 2. The van der Waals surface area contributed by atoms with Gasteiger partial charge in [0, 0.05) is 12.8 Å². The Balaban J connectivity index is 1.28. The van der Waals surface area contributed by atoms with E-state index in [1.165, 1.54) is 0 Å². The van der Waals surface area contributed by atoms with Crippen LogP contribution in [0.1, 0.15) is 45.4 Å². The van der Waals surface area contributed by atoms with Crippen LogP contribution in [0.15, 0.2) is 0 Å². The van der Waals surface area contributed by atoms with Gasteiger partial charge in [0.2, 0.25) is 0 Å². The quantitative estimate of drug-likeness (QED) is 0.567. The SMILES string of the molecule is CC1(OC(=O)OC2CCC3OC3C2)CCC2OC2C1. The maximum Gasteiger partial charge on any atom is 0.509 e. The van der Waals surface area contributed by atoms with Gasteiger partial charge in [-0.05, 0) is 32.6 Å². The third-order valence-corrected chi connectivity index (χ3v) is 4.83. The zero-order valence-corrected chi connectivity index (χ0v) is 11.2. The van der Waals surface area contributed by atoms with Crippen molar-refractivity contribution in [2.45, 2.75) is 81.6 Å². The average molecular weight is 268 g/mol. The Labute approximate surface area is 112 Å². The summed E-state index contributed by atoms with van der Waals surface area (Å²) in [7, 11) is 0. The van der Waals surface area contributed by atoms with Gasteiger partial charge in [0.1, 0.15) is 11.7 Å². The molecule has 0 aromatic heterocycles. The maximum absolute atomic E-state index is 11.9. The molecular weight excluding hydrogens is 248 g/mol. The molecule has 19 heavy (non-hydrogen) atoms. The van der Waals surface area contributed by atoms with Gasteiger partial charge in [-0.25, -0.2) is 4.79 Å². The first kappa shape index (κ1) is 12.0. The monoisotopic (exact) mass is 268 g/mol. The van der Waals surface area contributed by atoms with E-state index < -0.39 is 11.8 Å². The van der Waals surface area contributed by atoms with Crippen LogP contribution >= 0.6 is 0 Å². The number of ether oxygens (including phenoxy) is 4. The largest absolute Gasteiger partial charge is 0.509 e. The summed E-state index contributed by atoms with van der Waals surface area (Å²) < 4.78 is 21.9. The van der Waals surface area contributed by atoms with E-state index in [4.69, 9.17) is 18.9 Å². The fourth-order valence-corrected chi connectivity index (χ4v) is 3.52. The molecule has 5 heteroatoms. The molecule has 4 fully saturated rings. The molecule has 0 spiro atoms. The summed E-state index contributed by atoms with van der Waals surface area (Å²) >= 11 is 0. The van der Waals surface area contributed by atoms with Crippen molar-refractivity contribution in [3.8, 4) is 0 Å². The molecule has 106 valence electrons. The van der Waals surface area contributed by atoms with E-state index in [0.717, 1.165) is 38.5 Å². The molecule has 6 atom stereocenters. The van der Waals surface area contributed by atoms with Gasteiger partial charge >= 0.3 is 6.16 Å². The molecule has 2 heterocycles. The van der Waals surface area contributed by atoms with E-state index in [9.17, 15) is 4.79 Å². The van der Waals surface area contributed by atoms with Crippen molar-refractivity contribution in [1.29, 1.82) is 0 Å². The summed E-state index contributed by atoms with van der Waals surface area (Å²) in [5.41, 5.74) is -0.415. The molecule has 4 rings (SSSR count). The molecule has 0 bridgehead atoms. The second kappa shape index (κ2) is 4.09. The molecule has 6 unspecified atom stereocenters. The average Bonchev–Trinajstić information content (AvgIpc) is 3.20. The van der Waals surface area contributed by atoms with E-state index in [-0.39, 0.29) is 6.10 Å². The van der Waals surface area contributed by atoms with Gasteiger partial charge in [-0.2, -0.15) is 0 Å². The third kappa shape index (κ3) is 2.46. The van der Waals surface area contributed by atoms with Gasteiger partial charge in [0.15, 0.2) is 0 Å². The number of hydrogen-bond acceptors (Lipinski definition) is 5. The smallest absolute Gasteiger partial charge is 0.431 e. The molecule has 0 radical (unpaired) electrons. The first-order chi connectivity index (χ1) is 9.11. The van der Waals surface area contributed by atoms with Gasteiger partial charge in [-0.3, -0.25) is 0 Å². The van der Waals surface area contributed by atoms with Gasteiger partial charge in [-0.1, -0.05) is 0 Å². The van der Waals surface area contributed by atoms with Crippen LogP contribution in [-0.2, 0) is 18.9 Å². The Kier molecular flexibility index (Phi) is 2.58. The Bertz CT molecular complexity index is 397. The van der Waals surface area contributed by atoms with E-state index in [1.807, 2.05) is 6.92 Å². The summed E-state index contributed by atoms with van der Waals surface area (Å²) in [5.74, 6) is 0. The Morgan fingerprint density at radius 3 is 2.68 bits per heavy atom. The fourth-order valence-electron chi connectivity index (χ4n) is 3.52. The van der Waals surface area contributed by atoms with Gasteiger partial charge in [-0.15, -0.1) is 0 Å². The number of epoxide rings is 2. The first-order valence-electron chi connectivity index (χ1n) is 7.32. The predicted molar refractivity (Wildman–Crippen MR) is 64.8 cm³/mol. The van der Waals surface area contributed by atoms with Crippen LogP contribution in [0.4, 0.5) is 4.79 Å². The number of carbonyl (C=O) groups excluding carboxylic acids is 1. The molecule has 2 aliphatic heterocycles. The topological polar surface area (TPSA) is 60.6 Å². The van der Waals surface area contributed by atoms with Crippen LogP contribution in [0.3, 0.4) is 0 Å². The van der Waals surface area contributed by atoms with Crippen LogP contribution < -0.4 is 0 Å². The van der Waals surface area contributed by atoms with Crippen LogP contribution in [0, 0.1) is 0 Å². The van der Waals surface area contributed by atoms with Gasteiger partial charge < -0.3 is 18.9 Å². The summed E-state index contributed by atoms with van der Waals surface area (Å²) in [4.78, 5) is 11.9. The maximum atomic E-state index is 11.9. The Hall–Kier alpha value is -0.810. The minimum Gasteiger partial charge on any atom is -0.431 e. The van der Waals surface area contributed by atoms with Crippen LogP contribution in [-0.4, -0.2) is 42.3 Å². The molecule has 2 saturated heterocycles. The highest BCUT2D eigenvalue weighted by Crippen LogP contribution is 2.43. The number of hydrogen-bond donors (Lipinski definition) is 0. The zero-order chi connectivity index (χ0) is 13.0. The van der Waals surface area contributed by atoms with Crippen LogP contribution in [0.25, 0.3) is 0 Å². The molecule has 0 amide bonds. The zero-order valence-electron chi connectivity index (χ0n) is 11.2. The molecule has 5 nitrogen and oxygen atoms in total. The molecular formula is C14H20O5. The second-order valence-electron chi connectivity index (χ2n) is 6.52. The molecule has 2 aliphatic carbocycles. The summed E-state index contributed by atoms with van der Waals surface area (Å²) in [6.07, 6.45) is 6.24. The highest BCUT2D eigenvalue weighted by atomic mass is 16.7. The lowest BCUT2D eigenvalue weighted by atomic mass is 9.86. The van der Waals surface area contributed by atoms with Gasteiger partial charge in [0.25, 0.3) is 0 Å². The van der Waals surface area contributed by atoms with E-state index in [0.29, 0.717) is 24.4 Å². The minimum atomic E-state index is -0.523. The lowest BCUT2D eigenvalue weighted by Crippen LogP contribution is -2.38.